The molecule has 0 bridgehead atoms. The van der Waals surface area contributed by atoms with E-state index < -0.39 is 16.0 Å². The maximum atomic E-state index is 13.1. The minimum absolute atomic E-state index is 0.121. The Kier molecular flexibility index (Phi) is 7.94. The second-order valence-corrected chi connectivity index (χ2v) is 11.3. The Balaban J connectivity index is 1.62. The van der Waals surface area contributed by atoms with Crippen LogP contribution < -0.4 is 5.32 Å². The van der Waals surface area contributed by atoms with Crippen molar-refractivity contribution in [1.82, 2.24) is 9.21 Å². The van der Waals surface area contributed by atoms with Gasteiger partial charge in [0, 0.05) is 31.1 Å². The highest BCUT2D eigenvalue weighted by molar-refractivity contribution is 7.89. The number of carbonyl (C=O) groups is 2. The fourth-order valence-corrected chi connectivity index (χ4v) is 6.58. The number of piperazine rings is 1. The molecule has 0 saturated carbocycles. The molecule has 1 aromatic heterocycles. The Bertz CT molecular complexity index is 1150. The molecule has 3 rings (SSSR count). The van der Waals surface area contributed by atoms with Crippen LogP contribution in [0.4, 0.5) is 5.00 Å². The van der Waals surface area contributed by atoms with Crippen LogP contribution in [0.1, 0.15) is 38.8 Å². The molecule has 1 aromatic carbocycles. The summed E-state index contributed by atoms with van der Waals surface area (Å²) in [4.78, 5) is 28.2. The first kappa shape index (κ1) is 25.4. The van der Waals surface area contributed by atoms with Crippen LogP contribution in [-0.2, 0) is 19.6 Å². The smallest absolute Gasteiger partial charge is 0.341 e. The van der Waals surface area contributed by atoms with E-state index in [1.54, 1.807) is 19.9 Å². The summed E-state index contributed by atoms with van der Waals surface area (Å²) >= 11 is 1.35. The molecular formula is C23H31N3O5S2. The summed E-state index contributed by atoms with van der Waals surface area (Å²) in [6, 6.07) is 5.42. The van der Waals surface area contributed by atoms with Gasteiger partial charge in [-0.15, -0.1) is 11.3 Å². The molecule has 1 N–H and O–H groups in total. The lowest BCUT2D eigenvalue weighted by Crippen LogP contribution is -2.50. The molecule has 1 fully saturated rings. The summed E-state index contributed by atoms with van der Waals surface area (Å²) in [5, 5.41) is 3.34. The van der Waals surface area contributed by atoms with Crippen LogP contribution in [0.25, 0.3) is 0 Å². The number of hydrogen-bond donors (Lipinski definition) is 1. The molecule has 180 valence electrons. The van der Waals surface area contributed by atoms with Gasteiger partial charge in [0.05, 0.1) is 23.6 Å². The van der Waals surface area contributed by atoms with Gasteiger partial charge in [0.15, 0.2) is 0 Å². The van der Waals surface area contributed by atoms with Crippen molar-refractivity contribution in [1.29, 1.82) is 0 Å². The number of anilines is 1. The number of benzene rings is 1. The fourth-order valence-electron chi connectivity index (χ4n) is 3.79. The van der Waals surface area contributed by atoms with Gasteiger partial charge in [-0.05, 0) is 57.4 Å². The van der Waals surface area contributed by atoms with Crippen LogP contribution in [0, 0.1) is 27.7 Å². The van der Waals surface area contributed by atoms with Crippen molar-refractivity contribution in [2.45, 2.75) is 39.5 Å². The number of thiophene rings is 1. The zero-order valence-corrected chi connectivity index (χ0v) is 21.4. The summed E-state index contributed by atoms with van der Waals surface area (Å²) in [6.07, 6.45) is 0. The van der Waals surface area contributed by atoms with E-state index in [0.717, 1.165) is 21.6 Å². The third kappa shape index (κ3) is 5.63. The molecule has 0 radical (unpaired) electrons. The molecule has 1 amide bonds. The number of carbonyl (C=O) groups excluding carboxylic acids is 2. The Morgan fingerprint density at radius 2 is 1.76 bits per heavy atom. The summed E-state index contributed by atoms with van der Waals surface area (Å²) in [6.45, 7) is 11.1. The summed E-state index contributed by atoms with van der Waals surface area (Å²) < 4.78 is 32.8. The normalized spacial score (nSPS) is 15.4. The second kappa shape index (κ2) is 10.3. The molecule has 10 heteroatoms. The standard InChI is InChI=1S/C23H31N3O5S2/c1-6-31-23(28)21-17(4)18(5)32-22(21)24-20(27)14-25-9-11-26(12-10-25)33(29,30)19-13-15(2)7-8-16(19)3/h7-8,13H,6,9-12,14H2,1-5H3,(H,24,27). The molecular weight excluding hydrogens is 462 g/mol. The van der Waals surface area contributed by atoms with Crippen molar-refractivity contribution in [2.75, 3.05) is 44.6 Å². The molecule has 0 atom stereocenters. The summed E-state index contributed by atoms with van der Waals surface area (Å²) in [5.41, 5.74) is 2.83. The average Bonchev–Trinajstić information content (AvgIpc) is 3.03. The minimum atomic E-state index is -3.58. The van der Waals surface area contributed by atoms with Gasteiger partial charge in [-0.2, -0.15) is 4.31 Å². The average molecular weight is 494 g/mol. The number of amides is 1. The lowest BCUT2D eigenvalue weighted by Gasteiger charge is -2.33. The topological polar surface area (TPSA) is 96.0 Å². The van der Waals surface area contributed by atoms with E-state index in [4.69, 9.17) is 4.74 Å². The Hall–Kier alpha value is -2.27. The monoisotopic (exact) mass is 493 g/mol. The van der Waals surface area contributed by atoms with E-state index in [0.29, 0.717) is 41.6 Å². The van der Waals surface area contributed by atoms with Crippen LogP contribution in [0.3, 0.4) is 0 Å². The van der Waals surface area contributed by atoms with Crippen molar-refractivity contribution in [3.63, 3.8) is 0 Å². The summed E-state index contributed by atoms with van der Waals surface area (Å²) in [7, 11) is -3.58. The molecule has 2 aromatic rings. The quantitative estimate of drug-likeness (QED) is 0.596. The number of hydrogen-bond acceptors (Lipinski definition) is 7. The number of nitrogens with one attached hydrogen (secondary N) is 1. The van der Waals surface area contributed by atoms with Crippen LogP contribution >= 0.6 is 11.3 Å². The molecule has 1 aliphatic rings. The van der Waals surface area contributed by atoms with Crippen LogP contribution in [0.2, 0.25) is 0 Å². The molecule has 0 unspecified atom stereocenters. The fraction of sp³-hybridized carbons (Fsp3) is 0.478. The first-order valence-electron chi connectivity index (χ1n) is 10.9. The van der Waals surface area contributed by atoms with Crippen molar-refractivity contribution in [2.24, 2.45) is 0 Å². The van der Waals surface area contributed by atoms with E-state index >= 15 is 0 Å². The van der Waals surface area contributed by atoms with Gasteiger partial charge in [-0.3, -0.25) is 9.69 Å². The van der Waals surface area contributed by atoms with Crippen LogP contribution in [0.15, 0.2) is 23.1 Å². The number of nitrogens with zero attached hydrogens (tertiary/aromatic N) is 2. The third-order valence-corrected chi connectivity index (χ3v) is 8.94. The lowest BCUT2D eigenvalue weighted by molar-refractivity contribution is -0.117. The van der Waals surface area contributed by atoms with Gasteiger partial charge in [-0.1, -0.05) is 12.1 Å². The number of esters is 1. The zero-order valence-electron chi connectivity index (χ0n) is 19.7. The number of rotatable bonds is 7. The first-order chi connectivity index (χ1) is 15.5. The molecule has 33 heavy (non-hydrogen) atoms. The van der Waals surface area contributed by atoms with E-state index in [1.807, 2.05) is 37.8 Å². The number of aryl methyl sites for hydroxylation is 3. The van der Waals surface area contributed by atoms with Gasteiger partial charge in [0.2, 0.25) is 15.9 Å². The van der Waals surface area contributed by atoms with Crippen molar-refractivity contribution >= 4 is 38.2 Å². The Morgan fingerprint density at radius 1 is 1.09 bits per heavy atom. The largest absolute Gasteiger partial charge is 0.462 e. The van der Waals surface area contributed by atoms with E-state index in [2.05, 4.69) is 5.32 Å². The Labute approximate surface area is 199 Å². The van der Waals surface area contributed by atoms with Gasteiger partial charge in [0.25, 0.3) is 0 Å². The third-order valence-electron chi connectivity index (χ3n) is 5.78. The van der Waals surface area contributed by atoms with E-state index in [9.17, 15) is 18.0 Å². The van der Waals surface area contributed by atoms with E-state index in [1.165, 1.54) is 15.6 Å². The predicted molar refractivity (Wildman–Crippen MR) is 129 cm³/mol. The lowest BCUT2D eigenvalue weighted by atomic mass is 10.1. The highest BCUT2D eigenvalue weighted by Gasteiger charge is 2.30. The molecule has 0 spiro atoms. The van der Waals surface area contributed by atoms with Gasteiger partial charge >= 0.3 is 5.97 Å². The SMILES string of the molecule is CCOC(=O)c1c(NC(=O)CN2CCN(S(=O)(=O)c3cc(C)ccc3C)CC2)sc(C)c1C. The van der Waals surface area contributed by atoms with E-state index in [-0.39, 0.29) is 19.1 Å². The maximum absolute atomic E-state index is 13.1. The number of ether oxygens (including phenoxy) is 1. The maximum Gasteiger partial charge on any atom is 0.341 e. The van der Waals surface area contributed by atoms with Crippen molar-refractivity contribution in [3.8, 4) is 0 Å². The van der Waals surface area contributed by atoms with Crippen molar-refractivity contribution < 1.29 is 22.7 Å². The highest BCUT2D eigenvalue weighted by atomic mass is 32.2. The molecule has 0 aliphatic carbocycles. The highest BCUT2D eigenvalue weighted by Crippen LogP contribution is 2.33. The first-order valence-corrected chi connectivity index (χ1v) is 13.2. The minimum Gasteiger partial charge on any atom is -0.462 e. The zero-order chi connectivity index (χ0) is 24.3. The predicted octanol–water partition coefficient (Wildman–Crippen LogP) is 3.10. The van der Waals surface area contributed by atoms with Crippen LogP contribution in [0.5, 0.6) is 0 Å². The molecule has 1 saturated heterocycles. The van der Waals surface area contributed by atoms with Gasteiger partial charge < -0.3 is 10.1 Å². The molecule has 2 heterocycles. The molecule has 1 aliphatic heterocycles. The second-order valence-electron chi connectivity index (χ2n) is 8.21. The van der Waals surface area contributed by atoms with Crippen LogP contribution in [-0.4, -0.2) is 68.8 Å². The Morgan fingerprint density at radius 3 is 2.39 bits per heavy atom. The van der Waals surface area contributed by atoms with Gasteiger partial charge in [0.1, 0.15) is 5.00 Å². The summed E-state index contributed by atoms with van der Waals surface area (Å²) in [5.74, 6) is -0.687. The number of sulfonamides is 1. The van der Waals surface area contributed by atoms with Gasteiger partial charge in [-0.25, -0.2) is 13.2 Å². The molecule has 8 nitrogen and oxygen atoms in total. The van der Waals surface area contributed by atoms with Crippen molar-refractivity contribution in [3.05, 3.63) is 45.3 Å².